The second-order valence-corrected chi connectivity index (χ2v) is 5.26. The van der Waals surface area contributed by atoms with E-state index in [0.29, 0.717) is 34.6 Å². The zero-order valence-corrected chi connectivity index (χ0v) is 13.0. The van der Waals surface area contributed by atoms with Gasteiger partial charge in [-0.3, -0.25) is 9.78 Å². The van der Waals surface area contributed by atoms with Crippen molar-refractivity contribution in [2.45, 2.75) is 0 Å². The van der Waals surface area contributed by atoms with Crippen LogP contribution in [0.2, 0.25) is 0 Å². The summed E-state index contributed by atoms with van der Waals surface area (Å²) in [7, 11) is 0. The summed E-state index contributed by atoms with van der Waals surface area (Å²) < 4.78 is 1.70. The lowest BCUT2D eigenvalue weighted by molar-refractivity contribution is -0.105. The first kappa shape index (κ1) is 14.8. The van der Waals surface area contributed by atoms with Crippen molar-refractivity contribution in [2.75, 3.05) is 11.1 Å². The third kappa shape index (κ3) is 2.55. The quantitative estimate of drug-likeness (QED) is 0.553. The van der Waals surface area contributed by atoms with Crippen molar-refractivity contribution in [1.29, 1.82) is 0 Å². The van der Waals surface area contributed by atoms with Crippen molar-refractivity contribution in [1.82, 2.24) is 24.7 Å². The Bertz CT molecular complexity index is 1040. The number of hydrogen-bond donors (Lipinski definition) is 2. The van der Waals surface area contributed by atoms with E-state index in [1.165, 1.54) is 6.33 Å². The molecule has 0 atom stereocenters. The van der Waals surface area contributed by atoms with Gasteiger partial charge in [0.25, 0.3) is 0 Å². The molecular weight excluding hydrogens is 318 g/mol. The standard InChI is InChI=1S/C17H13N7O/c18-16-14-15(11-5-7-19-8-6-11)23-24(17(14)21-9-20-16)13-3-1-12(2-4-13)22-10-25/h1-10H,(H,22,25)(H2,18,20,21). The lowest BCUT2D eigenvalue weighted by Gasteiger charge is -2.04. The maximum atomic E-state index is 10.5. The van der Waals surface area contributed by atoms with Crippen LogP contribution in [-0.4, -0.2) is 31.1 Å². The van der Waals surface area contributed by atoms with Crippen LogP contribution in [0, 0.1) is 0 Å². The zero-order valence-electron chi connectivity index (χ0n) is 13.0. The van der Waals surface area contributed by atoms with Crippen LogP contribution in [0.4, 0.5) is 11.5 Å². The molecule has 0 radical (unpaired) electrons. The van der Waals surface area contributed by atoms with Gasteiger partial charge in [0, 0.05) is 23.6 Å². The van der Waals surface area contributed by atoms with Crippen LogP contribution in [-0.2, 0) is 4.79 Å². The lowest BCUT2D eigenvalue weighted by atomic mass is 10.1. The van der Waals surface area contributed by atoms with Gasteiger partial charge in [-0.2, -0.15) is 5.10 Å². The molecule has 25 heavy (non-hydrogen) atoms. The average molecular weight is 331 g/mol. The van der Waals surface area contributed by atoms with Gasteiger partial charge >= 0.3 is 0 Å². The van der Waals surface area contributed by atoms with Gasteiger partial charge in [-0.25, -0.2) is 14.6 Å². The molecule has 3 aromatic heterocycles. The van der Waals surface area contributed by atoms with Gasteiger partial charge in [-0.1, -0.05) is 0 Å². The van der Waals surface area contributed by atoms with Gasteiger partial charge in [0.2, 0.25) is 6.41 Å². The second-order valence-electron chi connectivity index (χ2n) is 5.26. The summed E-state index contributed by atoms with van der Waals surface area (Å²) in [6.07, 6.45) is 5.43. The fraction of sp³-hybridized carbons (Fsp3) is 0. The van der Waals surface area contributed by atoms with Crippen molar-refractivity contribution in [3.8, 4) is 16.9 Å². The van der Waals surface area contributed by atoms with E-state index in [-0.39, 0.29) is 0 Å². The molecule has 8 nitrogen and oxygen atoms in total. The Hall–Kier alpha value is -3.81. The van der Waals surface area contributed by atoms with Gasteiger partial charge in [-0.05, 0) is 36.4 Å². The number of nitrogen functional groups attached to an aromatic ring is 1. The number of pyridine rings is 1. The molecular formula is C17H13N7O. The average Bonchev–Trinajstić information content (AvgIpc) is 3.04. The number of nitrogens with zero attached hydrogens (tertiary/aromatic N) is 5. The van der Waals surface area contributed by atoms with Gasteiger partial charge in [0.1, 0.15) is 17.8 Å². The van der Waals surface area contributed by atoms with Gasteiger partial charge in [0.15, 0.2) is 5.65 Å². The van der Waals surface area contributed by atoms with E-state index in [1.54, 1.807) is 29.2 Å². The van der Waals surface area contributed by atoms with E-state index >= 15 is 0 Å². The maximum Gasteiger partial charge on any atom is 0.211 e. The molecule has 4 rings (SSSR count). The van der Waals surface area contributed by atoms with Crippen LogP contribution in [0.5, 0.6) is 0 Å². The Morgan fingerprint density at radius 2 is 1.80 bits per heavy atom. The van der Waals surface area contributed by atoms with Crippen molar-refractivity contribution < 1.29 is 4.79 Å². The van der Waals surface area contributed by atoms with Crippen molar-refractivity contribution >= 4 is 28.9 Å². The number of nitrogens with two attached hydrogens (primary N) is 1. The minimum atomic E-state index is 0.363. The van der Waals surface area contributed by atoms with E-state index in [2.05, 4.69) is 25.4 Å². The van der Waals surface area contributed by atoms with E-state index in [4.69, 9.17) is 5.73 Å². The van der Waals surface area contributed by atoms with Crippen molar-refractivity contribution in [3.63, 3.8) is 0 Å². The van der Waals surface area contributed by atoms with Crippen LogP contribution < -0.4 is 11.1 Å². The van der Waals surface area contributed by atoms with Gasteiger partial charge < -0.3 is 11.1 Å². The number of hydrogen-bond acceptors (Lipinski definition) is 6. The number of anilines is 2. The minimum Gasteiger partial charge on any atom is -0.383 e. The highest BCUT2D eigenvalue weighted by atomic mass is 16.1. The molecule has 0 aliphatic rings. The Labute approximate surface area is 142 Å². The maximum absolute atomic E-state index is 10.5. The topological polar surface area (TPSA) is 112 Å². The molecule has 0 aliphatic carbocycles. The highest BCUT2D eigenvalue weighted by Crippen LogP contribution is 2.31. The molecule has 3 heterocycles. The van der Waals surface area contributed by atoms with Crippen molar-refractivity contribution in [3.05, 3.63) is 55.1 Å². The molecule has 0 fully saturated rings. The number of carbonyl (C=O) groups excluding carboxylic acids is 1. The zero-order chi connectivity index (χ0) is 17.2. The van der Waals surface area contributed by atoms with Crippen LogP contribution in [0.25, 0.3) is 28.0 Å². The summed E-state index contributed by atoms with van der Waals surface area (Å²) >= 11 is 0. The number of rotatable bonds is 4. The monoisotopic (exact) mass is 331 g/mol. The molecule has 4 aromatic rings. The third-order valence-corrected chi connectivity index (χ3v) is 3.79. The summed E-state index contributed by atoms with van der Waals surface area (Å²) in [4.78, 5) is 23.0. The Balaban J connectivity index is 1.93. The molecule has 1 aromatic carbocycles. The first-order chi connectivity index (χ1) is 12.3. The van der Waals surface area contributed by atoms with E-state index in [9.17, 15) is 4.79 Å². The van der Waals surface area contributed by atoms with Crippen LogP contribution >= 0.6 is 0 Å². The van der Waals surface area contributed by atoms with Crippen LogP contribution in [0.3, 0.4) is 0 Å². The molecule has 122 valence electrons. The lowest BCUT2D eigenvalue weighted by Crippen LogP contribution is -2.00. The van der Waals surface area contributed by atoms with Gasteiger partial charge in [0.05, 0.1) is 11.1 Å². The Morgan fingerprint density at radius 3 is 2.52 bits per heavy atom. The molecule has 1 amide bonds. The second kappa shape index (κ2) is 6.00. The number of carbonyl (C=O) groups is 1. The molecule has 0 bridgehead atoms. The Kier molecular flexibility index (Phi) is 3.55. The normalized spacial score (nSPS) is 10.7. The minimum absolute atomic E-state index is 0.363. The molecule has 0 saturated carbocycles. The molecule has 0 saturated heterocycles. The number of benzene rings is 1. The van der Waals surface area contributed by atoms with E-state index in [1.807, 2.05) is 24.3 Å². The highest BCUT2D eigenvalue weighted by Gasteiger charge is 2.17. The molecule has 0 spiro atoms. The smallest absolute Gasteiger partial charge is 0.211 e. The van der Waals surface area contributed by atoms with E-state index in [0.717, 1.165) is 11.3 Å². The summed E-state index contributed by atoms with van der Waals surface area (Å²) in [6, 6.07) is 11.0. The van der Waals surface area contributed by atoms with E-state index < -0.39 is 0 Å². The van der Waals surface area contributed by atoms with Crippen LogP contribution in [0.15, 0.2) is 55.1 Å². The highest BCUT2D eigenvalue weighted by molar-refractivity contribution is 5.98. The SMILES string of the molecule is Nc1ncnc2c1c(-c1ccncc1)nn2-c1ccc(NC=O)cc1. The summed E-state index contributed by atoms with van der Waals surface area (Å²) in [5, 5.41) is 7.97. The van der Waals surface area contributed by atoms with Crippen LogP contribution in [0.1, 0.15) is 0 Å². The predicted octanol–water partition coefficient (Wildman–Crippen LogP) is 2.03. The van der Waals surface area contributed by atoms with Gasteiger partial charge in [-0.15, -0.1) is 0 Å². The summed E-state index contributed by atoms with van der Waals surface area (Å²) in [6.45, 7) is 0. The number of amides is 1. The predicted molar refractivity (Wildman–Crippen MR) is 94.0 cm³/mol. The number of fused-ring (bicyclic) bond motifs is 1. The Morgan fingerprint density at radius 1 is 1.04 bits per heavy atom. The largest absolute Gasteiger partial charge is 0.383 e. The summed E-state index contributed by atoms with van der Waals surface area (Å²) in [5.74, 6) is 0.363. The molecule has 3 N–H and O–H groups in total. The molecule has 0 aliphatic heterocycles. The number of nitrogens with one attached hydrogen (secondary N) is 1. The fourth-order valence-corrected chi connectivity index (χ4v) is 2.63. The first-order valence-electron chi connectivity index (χ1n) is 7.48. The summed E-state index contributed by atoms with van der Waals surface area (Å²) in [5.41, 5.74) is 9.73. The fourth-order valence-electron chi connectivity index (χ4n) is 2.63. The third-order valence-electron chi connectivity index (χ3n) is 3.79. The first-order valence-corrected chi connectivity index (χ1v) is 7.48. The number of aromatic nitrogens is 5. The molecule has 0 unspecified atom stereocenters. The van der Waals surface area contributed by atoms with Crippen molar-refractivity contribution in [2.24, 2.45) is 0 Å². The molecule has 8 heteroatoms.